The Morgan fingerprint density at radius 1 is 0.976 bits per heavy atom. The number of hydrogen-bond donors (Lipinski definition) is 1. The van der Waals surface area contributed by atoms with Gasteiger partial charge in [-0.25, -0.2) is 0 Å². The van der Waals surface area contributed by atoms with Crippen LogP contribution in [0.5, 0.6) is 0 Å². The van der Waals surface area contributed by atoms with Crippen molar-refractivity contribution in [1.82, 2.24) is 10.2 Å². The van der Waals surface area contributed by atoms with E-state index in [4.69, 9.17) is 27.9 Å². The van der Waals surface area contributed by atoms with Crippen molar-refractivity contribution in [2.45, 2.75) is 70.4 Å². The van der Waals surface area contributed by atoms with Gasteiger partial charge in [0.25, 0.3) is 5.91 Å². The van der Waals surface area contributed by atoms with Crippen LogP contribution in [0.25, 0.3) is 11.1 Å². The number of ether oxygens (including phenoxy) is 1. The number of likely N-dealkylation sites (tertiary alicyclic amines) is 1. The smallest absolute Gasteiger partial charge is 0.306 e. The van der Waals surface area contributed by atoms with Crippen LogP contribution in [0.3, 0.4) is 0 Å². The number of benzene rings is 3. The maximum Gasteiger partial charge on any atom is 0.306 e. The summed E-state index contributed by atoms with van der Waals surface area (Å²) >= 11 is 12.3. The van der Waals surface area contributed by atoms with Crippen molar-refractivity contribution in [2.75, 3.05) is 19.6 Å². The minimum absolute atomic E-state index is 0.108. The summed E-state index contributed by atoms with van der Waals surface area (Å²) in [5, 5.41) is 4.42. The molecule has 41 heavy (non-hydrogen) atoms. The number of esters is 1. The molecule has 1 aliphatic heterocycles. The molecule has 1 N–H and O–H groups in total. The van der Waals surface area contributed by atoms with Crippen LogP contribution in [-0.2, 0) is 14.9 Å². The monoisotopic (exact) mass is 594 g/mol. The molecule has 7 heteroatoms. The zero-order valence-electron chi connectivity index (χ0n) is 24.2. The van der Waals surface area contributed by atoms with Gasteiger partial charge in [-0.2, -0.15) is 0 Å². The first-order valence-corrected chi connectivity index (χ1v) is 15.2. The first-order valence-electron chi connectivity index (χ1n) is 14.5. The van der Waals surface area contributed by atoms with E-state index in [9.17, 15) is 9.59 Å². The van der Waals surface area contributed by atoms with Gasteiger partial charge in [-0.15, -0.1) is 0 Å². The van der Waals surface area contributed by atoms with E-state index >= 15 is 0 Å². The predicted octanol–water partition coefficient (Wildman–Crippen LogP) is 7.93. The molecule has 0 radical (unpaired) electrons. The molecular formula is C34H40Cl2N2O3. The third-order valence-electron chi connectivity index (χ3n) is 7.88. The minimum Gasteiger partial charge on any atom is -0.463 e. The van der Waals surface area contributed by atoms with Gasteiger partial charge in [0, 0.05) is 40.2 Å². The highest BCUT2D eigenvalue weighted by atomic mass is 35.5. The Morgan fingerprint density at radius 2 is 1.63 bits per heavy atom. The average molecular weight is 596 g/mol. The van der Waals surface area contributed by atoms with E-state index in [2.05, 4.69) is 29.3 Å². The Balaban J connectivity index is 1.30. The van der Waals surface area contributed by atoms with Crippen molar-refractivity contribution in [3.63, 3.8) is 0 Å². The molecule has 1 amide bonds. The molecule has 0 spiro atoms. The minimum atomic E-state index is -0.279. The number of halogens is 2. The molecule has 0 aromatic heterocycles. The van der Waals surface area contributed by atoms with Crippen molar-refractivity contribution in [3.8, 4) is 11.1 Å². The molecule has 4 rings (SSSR count). The highest BCUT2D eigenvalue weighted by Crippen LogP contribution is 2.34. The van der Waals surface area contributed by atoms with Crippen LogP contribution in [-0.4, -0.2) is 48.6 Å². The molecule has 3 aromatic carbocycles. The highest BCUT2D eigenvalue weighted by Gasteiger charge is 2.31. The number of rotatable bonds is 11. The van der Waals surface area contributed by atoms with E-state index in [0.717, 1.165) is 56.4 Å². The molecule has 0 saturated carbocycles. The van der Waals surface area contributed by atoms with Gasteiger partial charge in [0.05, 0.1) is 12.5 Å². The Hall–Kier alpha value is -2.86. The normalized spacial score (nSPS) is 15.9. The van der Waals surface area contributed by atoms with Gasteiger partial charge in [0.15, 0.2) is 0 Å². The van der Waals surface area contributed by atoms with Crippen LogP contribution in [0.15, 0.2) is 72.8 Å². The summed E-state index contributed by atoms with van der Waals surface area (Å²) in [4.78, 5) is 28.4. The summed E-state index contributed by atoms with van der Waals surface area (Å²) < 4.78 is 5.49. The quantitative estimate of drug-likeness (QED) is 0.229. The van der Waals surface area contributed by atoms with Crippen LogP contribution < -0.4 is 5.32 Å². The number of piperidine rings is 1. The summed E-state index contributed by atoms with van der Waals surface area (Å²) in [6, 6.07) is 23.3. The second-order valence-electron chi connectivity index (χ2n) is 11.5. The second-order valence-corrected chi connectivity index (χ2v) is 12.4. The molecule has 0 aliphatic carbocycles. The van der Waals surface area contributed by atoms with E-state index in [0.29, 0.717) is 22.0 Å². The summed E-state index contributed by atoms with van der Waals surface area (Å²) in [6.45, 7) is 8.73. The highest BCUT2D eigenvalue weighted by molar-refractivity contribution is 6.31. The van der Waals surface area contributed by atoms with Crippen LogP contribution in [0.2, 0.25) is 10.0 Å². The summed E-state index contributed by atoms with van der Waals surface area (Å²) in [5.74, 6) is -0.260. The third kappa shape index (κ3) is 8.81. The molecule has 0 bridgehead atoms. The lowest BCUT2D eigenvalue weighted by Crippen LogP contribution is -2.45. The number of carbonyl (C=O) groups is 2. The Labute approximate surface area is 254 Å². The van der Waals surface area contributed by atoms with Crippen molar-refractivity contribution in [1.29, 1.82) is 0 Å². The molecule has 1 heterocycles. The fraction of sp³-hybridized carbons (Fsp3) is 0.412. The van der Waals surface area contributed by atoms with Crippen LogP contribution in [0.4, 0.5) is 0 Å². The Kier molecular flexibility index (Phi) is 10.9. The van der Waals surface area contributed by atoms with Gasteiger partial charge < -0.3 is 15.0 Å². The standard InChI is InChI=1S/C34H40Cl2N2O3/c1-24(2)41-32(39)23-34(3,26-8-5-4-6-9-26)18-7-19-38-20-16-29(17-21-38)37-33(40)31-22-28(36)14-15-30(31)25-10-12-27(35)13-11-25/h4-6,8-15,22,24,29H,7,16-21,23H2,1-3H3,(H,37,40). The summed E-state index contributed by atoms with van der Waals surface area (Å²) in [7, 11) is 0. The topological polar surface area (TPSA) is 58.6 Å². The maximum absolute atomic E-state index is 13.3. The number of nitrogens with zero attached hydrogens (tertiary/aromatic N) is 1. The first-order chi connectivity index (χ1) is 19.6. The zero-order valence-corrected chi connectivity index (χ0v) is 25.7. The van der Waals surface area contributed by atoms with E-state index in [1.807, 2.05) is 62.4 Å². The molecular weight excluding hydrogens is 555 g/mol. The van der Waals surface area contributed by atoms with Gasteiger partial charge in [-0.05, 0) is 87.0 Å². The predicted molar refractivity (Wildman–Crippen MR) is 168 cm³/mol. The zero-order chi connectivity index (χ0) is 29.4. The van der Waals surface area contributed by atoms with Crippen LogP contribution in [0, 0.1) is 0 Å². The Bertz CT molecular complexity index is 1310. The van der Waals surface area contributed by atoms with Gasteiger partial charge in [0.1, 0.15) is 0 Å². The summed E-state index contributed by atoms with van der Waals surface area (Å²) in [6.07, 6.45) is 3.89. The largest absolute Gasteiger partial charge is 0.463 e. The number of nitrogens with one attached hydrogen (secondary N) is 1. The fourth-order valence-corrected chi connectivity index (χ4v) is 5.94. The number of hydrogen-bond acceptors (Lipinski definition) is 4. The van der Waals surface area contributed by atoms with Gasteiger partial charge in [0.2, 0.25) is 0 Å². The molecule has 3 aromatic rings. The molecule has 1 saturated heterocycles. The summed E-state index contributed by atoms with van der Waals surface area (Å²) in [5.41, 5.74) is 3.21. The van der Waals surface area contributed by atoms with E-state index in [1.165, 1.54) is 5.56 Å². The molecule has 1 aliphatic rings. The second kappa shape index (κ2) is 14.4. The lowest BCUT2D eigenvalue weighted by atomic mass is 9.76. The van der Waals surface area contributed by atoms with E-state index in [1.54, 1.807) is 12.1 Å². The van der Waals surface area contributed by atoms with E-state index in [-0.39, 0.29) is 29.4 Å². The Morgan fingerprint density at radius 3 is 2.29 bits per heavy atom. The van der Waals surface area contributed by atoms with Crippen molar-refractivity contribution in [3.05, 3.63) is 94.0 Å². The van der Waals surface area contributed by atoms with E-state index < -0.39 is 0 Å². The molecule has 1 atom stereocenters. The first kappa shape index (κ1) is 31.1. The lowest BCUT2D eigenvalue weighted by molar-refractivity contribution is -0.148. The van der Waals surface area contributed by atoms with Crippen molar-refractivity contribution < 1.29 is 14.3 Å². The number of carbonyl (C=O) groups excluding carboxylic acids is 2. The fourth-order valence-electron chi connectivity index (χ4n) is 5.64. The molecule has 5 nitrogen and oxygen atoms in total. The SMILES string of the molecule is CC(C)OC(=O)CC(C)(CCCN1CCC(NC(=O)c2cc(Cl)ccc2-c2ccc(Cl)cc2)CC1)c1ccccc1. The maximum atomic E-state index is 13.3. The van der Waals surface area contributed by atoms with Crippen molar-refractivity contribution >= 4 is 35.1 Å². The third-order valence-corrected chi connectivity index (χ3v) is 8.37. The van der Waals surface area contributed by atoms with Crippen LogP contribution in [0.1, 0.15) is 68.8 Å². The average Bonchev–Trinajstić information content (AvgIpc) is 2.94. The van der Waals surface area contributed by atoms with Crippen LogP contribution >= 0.6 is 23.2 Å². The molecule has 218 valence electrons. The number of amides is 1. The molecule has 1 unspecified atom stereocenters. The van der Waals surface area contributed by atoms with Crippen molar-refractivity contribution in [2.24, 2.45) is 0 Å². The van der Waals surface area contributed by atoms with Gasteiger partial charge in [-0.3, -0.25) is 9.59 Å². The lowest BCUT2D eigenvalue weighted by Gasteiger charge is -2.34. The van der Waals surface area contributed by atoms with Gasteiger partial charge in [-0.1, -0.05) is 78.7 Å². The molecule has 1 fully saturated rings. The van der Waals surface area contributed by atoms with Gasteiger partial charge >= 0.3 is 5.97 Å².